The molecule has 0 radical (unpaired) electrons. The van der Waals surface area contributed by atoms with Crippen molar-refractivity contribution >= 4 is 11.2 Å². The van der Waals surface area contributed by atoms with Crippen LogP contribution in [-0.4, -0.2) is 36.8 Å². The van der Waals surface area contributed by atoms with Crippen molar-refractivity contribution in [1.29, 1.82) is 0 Å². The van der Waals surface area contributed by atoms with E-state index in [-0.39, 0.29) is 5.82 Å². The Morgan fingerprint density at radius 1 is 0.939 bits per heavy atom. The van der Waals surface area contributed by atoms with Gasteiger partial charge in [0.25, 0.3) is 0 Å². The highest BCUT2D eigenvalue weighted by molar-refractivity contribution is 5.90. The lowest BCUT2D eigenvalue weighted by Crippen LogP contribution is -1.98. The summed E-state index contributed by atoms with van der Waals surface area (Å²) in [5.74, 6) is 0.282. The van der Waals surface area contributed by atoms with Crippen LogP contribution in [0.4, 0.5) is 4.39 Å². The number of ether oxygens (including phenoxy) is 1. The van der Waals surface area contributed by atoms with Gasteiger partial charge < -0.3 is 9.30 Å². The largest absolute Gasteiger partial charge is 0.380 e. The highest BCUT2D eigenvalue weighted by Crippen LogP contribution is 2.34. The number of methoxy groups -OCH3 is 1. The monoisotopic (exact) mass is 440 g/mol. The van der Waals surface area contributed by atoms with Gasteiger partial charge in [0.1, 0.15) is 11.3 Å². The van der Waals surface area contributed by atoms with Gasteiger partial charge in [-0.25, -0.2) is 19.3 Å². The highest BCUT2D eigenvalue weighted by atomic mass is 19.1. The van der Waals surface area contributed by atoms with Crippen LogP contribution in [0, 0.1) is 5.82 Å². The summed E-state index contributed by atoms with van der Waals surface area (Å²) in [6.45, 7) is 3.08. The Morgan fingerprint density at radius 3 is 2.55 bits per heavy atom. The smallest absolute Gasteiger partial charge is 0.183 e. The predicted octanol–water partition coefficient (Wildman–Crippen LogP) is 4.92. The van der Waals surface area contributed by atoms with E-state index in [1.165, 1.54) is 6.07 Å². The van der Waals surface area contributed by atoms with Crippen molar-refractivity contribution in [3.05, 3.63) is 78.8 Å². The molecule has 3 aromatic heterocycles. The van der Waals surface area contributed by atoms with Gasteiger partial charge in [-0.2, -0.15) is 5.10 Å². The zero-order valence-corrected chi connectivity index (χ0v) is 18.2. The van der Waals surface area contributed by atoms with E-state index in [2.05, 4.69) is 25.1 Å². The van der Waals surface area contributed by atoms with Gasteiger partial charge in [-0.1, -0.05) is 18.2 Å². The maximum Gasteiger partial charge on any atom is 0.183 e. The first-order chi connectivity index (χ1) is 16.2. The molecule has 0 saturated heterocycles. The molecule has 0 aliphatic rings. The van der Waals surface area contributed by atoms with Crippen LogP contribution in [0.1, 0.15) is 12.5 Å². The maximum absolute atomic E-state index is 15.1. The van der Waals surface area contributed by atoms with Gasteiger partial charge in [0.05, 0.1) is 19.1 Å². The van der Waals surface area contributed by atoms with Crippen molar-refractivity contribution in [2.24, 2.45) is 0 Å². The summed E-state index contributed by atoms with van der Waals surface area (Å²) in [4.78, 5) is 13.1. The zero-order chi connectivity index (χ0) is 22.8. The molecular weight excluding hydrogens is 419 g/mol. The summed E-state index contributed by atoms with van der Waals surface area (Å²) in [5, 5.41) is 8.37. The second-order valence-electron chi connectivity index (χ2n) is 7.53. The van der Waals surface area contributed by atoms with E-state index in [0.717, 1.165) is 39.9 Å². The quantitative estimate of drug-likeness (QED) is 0.373. The van der Waals surface area contributed by atoms with Crippen LogP contribution in [0.15, 0.2) is 67.4 Å². The SMILES string of the molecule is CCn1cnc2c(-c3ccc(F)c(-c4ccc(-c5ncccn5)cc4COC)c3)cnnc21. The Labute approximate surface area is 190 Å². The van der Waals surface area contributed by atoms with Crippen LogP contribution in [-0.2, 0) is 17.9 Å². The predicted molar refractivity (Wildman–Crippen MR) is 124 cm³/mol. The molecule has 0 amide bonds. The highest BCUT2D eigenvalue weighted by Gasteiger charge is 2.16. The van der Waals surface area contributed by atoms with Crippen molar-refractivity contribution in [2.45, 2.75) is 20.1 Å². The first-order valence-electron chi connectivity index (χ1n) is 10.6. The van der Waals surface area contributed by atoms with Crippen molar-refractivity contribution in [3.63, 3.8) is 0 Å². The van der Waals surface area contributed by atoms with E-state index in [0.29, 0.717) is 23.6 Å². The van der Waals surface area contributed by atoms with E-state index in [1.54, 1.807) is 44.2 Å². The Balaban J connectivity index is 1.64. The molecule has 0 fully saturated rings. The summed E-state index contributed by atoms with van der Waals surface area (Å²) >= 11 is 0. The molecule has 5 aromatic rings. The molecule has 0 saturated carbocycles. The lowest BCUT2D eigenvalue weighted by atomic mass is 9.94. The Hall–Kier alpha value is -4.04. The number of nitrogens with zero attached hydrogens (tertiary/aromatic N) is 6. The fourth-order valence-corrected chi connectivity index (χ4v) is 3.93. The Bertz CT molecular complexity index is 1430. The van der Waals surface area contributed by atoms with E-state index < -0.39 is 0 Å². The molecule has 0 aliphatic carbocycles. The Morgan fingerprint density at radius 2 is 1.76 bits per heavy atom. The van der Waals surface area contributed by atoms with Crippen LogP contribution < -0.4 is 0 Å². The number of aryl methyl sites for hydroxylation is 1. The van der Waals surface area contributed by atoms with E-state index in [4.69, 9.17) is 4.74 Å². The molecule has 3 heterocycles. The fourth-order valence-electron chi connectivity index (χ4n) is 3.93. The van der Waals surface area contributed by atoms with Gasteiger partial charge in [-0.3, -0.25) is 0 Å². The van der Waals surface area contributed by atoms with Crippen LogP contribution in [0.25, 0.3) is 44.8 Å². The average molecular weight is 440 g/mol. The minimum absolute atomic E-state index is 0.321. The first-order valence-corrected chi connectivity index (χ1v) is 10.6. The molecule has 7 nitrogen and oxygen atoms in total. The zero-order valence-electron chi connectivity index (χ0n) is 18.2. The Kier molecular flexibility index (Phi) is 5.58. The van der Waals surface area contributed by atoms with Crippen LogP contribution >= 0.6 is 0 Å². The second-order valence-corrected chi connectivity index (χ2v) is 7.53. The van der Waals surface area contributed by atoms with Gasteiger partial charge in [0.15, 0.2) is 11.5 Å². The van der Waals surface area contributed by atoms with E-state index >= 15 is 4.39 Å². The van der Waals surface area contributed by atoms with Gasteiger partial charge >= 0.3 is 0 Å². The summed E-state index contributed by atoms with van der Waals surface area (Å²) in [6.07, 6.45) is 6.80. The van der Waals surface area contributed by atoms with Gasteiger partial charge in [-0.05, 0) is 47.9 Å². The number of aromatic nitrogens is 6. The fraction of sp³-hybridized carbons (Fsp3) is 0.160. The third-order valence-electron chi connectivity index (χ3n) is 5.54. The number of benzene rings is 2. The number of halogens is 1. The minimum Gasteiger partial charge on any atom is -0.380 e. The lowest BCUT2D eigenvalue weighted by Gasteiger charge is -2.13. The molecule has 33 heavy (non-hydrogen) atoms. The molecular formula is C25H21FN6O. The lowest BCUT2D eigenvalue weighted by molar-refractivity contribution is 0.185. The molecule has 0 aliphatic heterocycles. The first kappa shape index (κ1) is 20.8. The van der Waals surface area contributed by atoms with E-state index in [9.17, 15) is 0 Å². The number of imidazole rings is 1. The van der Waals surface area contributed by atoms with Gasteiger partial charge in [0.2, 0.25) is 0 Å². The molecule has 0 bridgehead atoms. The molecule has 0 spiro atoms. The molecule has 0 unspecified atom stereocenters. The number of rotatable bonds is 6. The van der Waals surface area contributed by atoms with Crippen LogP contribution in [0.5, 0.6) is 0 Å². The van der Waals surface area contributed by atoms with Crippen molar-refractivity contribution in [2.75, 3.05) is 7.11 Å². The molecule has 164 valence electrons. The maximum atomic E-state index is 15.1. The average Bonchev–Trinajstić information content (AvgIpc) is 3.29. The minimum atomic E-state index is -0.322. The van der Waals surface area contributed by atoms with Crippen molar-refractivity contribution in [3.8, 4) is 33.6 Å². The van der Waals surface area contributed by atoms with Crippen molar-refractivity contribution < 1.29 is 9.13 Å². The van der Waals surface area contributed by atoms with Gasteiger partial charge in [-0.15, -0.1) is 5.10 Å². The van der Waals surface area contributed by atoms with Crippen molar-refractivity contribution in [1.82, 2.24) is 29.7 Å². The molecule has 2 aromatic carbocycles. The number of fused-ring (bicyclic) bond motifs is 1. The summed E-state index contributed by atoms with van der Waals surface area (Å²) in [6, 6.07) is 12.5. The van der Waals surface area contributed by atoms with Crippen LogP contribution in [0.2, 0.25) is 0 Å². The molecule has 0 atom stereocenters. The topological polar surface area (TPSA) is 78.6 Å². The second kappa shape index (κ2) is 8.84. The number of hydrogen-bond donors (Lipinski definition) is 0. The summed E-state index contributed by atoms with van der Waals surface area (Å²) in [5.41, 5.74) is 5.95. The summed E-state index contributed by atoms with van der Waals surface area (Å²) < 4.78 is 22.4. The number of hydrogen-bond acceptors (Lipinski definition) is 6. The van der Waals surface area contributed by atoms with Crippen LogP contribution in [0.3, 0.4) is 0 Å². The molecule has 0 N–H and O–H groups in total. The van der Waals surface area contributed by atoms with E-state index in [1.807, 2.05) is 35.8 Å². The standard InChI is InChI=1S/C25H21FN6O/c1-3-32-15-29-23-21(13-30-31-25(23)32)16-6-8-22(26)20(12-16)19-7-5-17(11-18(19)14-33-2)24-27-9-4-10-28-24/h4-13,15H,3,14H2,1-2H3. The third kappa shape index (κ3) is 3.85. The summed E-state index contributed by atoms with van der Waals surface area (Å²) in [7, 11) is 1.62. The van der Waals surface area contributed by atoms with Gasteiger partial charge in [0, 0.05) is 42.7 Å². The molecule has 5 rings (SSSR count). The normalized spacial score (nSPS) is 11.2. The molecule has 8 heteroatoms. The third-order valence-corrected chi connectivity index (χ3v) is 5.54.